The zero-order valence-corrected chi connectivity index (χ0v) is 15.9. The third-order valence-corrected chi connectivity index (χ3v) is 4.09. The lowest BCUT2D eigenvalue weighted by atomic mass is 9.96. The van der Waals surface area contributed by atoms with Crippen molar-refractivity contribution in [1.29, 1.82) is 0 Å². The van der Waals surface area contributed by atoms with Crippen molar-refractivity contribution in [2.45, 2.75) is 19.8 Å². The van der Waals surface area contributed by atoms with E-state index in [1.165, 1.54) is 0 Å². The second-order valence-electron chi connectivity index (χ2n) is 6.02. The lowest BCUT2D eigenvalue weighted by Gasteiger charge is -2.13. The Morgan fingerprint density at radius 2 is 1.52 bits per heavy atom. The maximum atomic E-state index is 12.6. The van der Waals surface area contributed by atoms with E-state index in [0.717, 1.165) is 5.56 Å². The van der Waals surface area contributed by atoms with Crippen molar-refractivity contribution in [3.05, 3.63) is 71.3 Å². The number of ketones is 1. The summed E-state index contributed by atoms with van der Waals surface area (Å²) in [5.74, 6) is -0.870. The number of benzene rings is 2. The van der Waals surface area contributed by atoms with E-state index in [1.54, 1.807) is 37.3 Å². The van der Waals surface area contributed by atoms with E-state index >= 15 is 0 Å². The lowest BCUT2D eigenvalue weighted by Crippen LogP contribution is -2.17. The fourth-order valence-corrected chi connectivity index (χ4v) is 2.53. The Balaban J connectivity index is 1.88. The van der Waals surface area contributed by atoms with Crippen LogP contribution in [-0.2, 0) is 19.0 Å². The van der Waals surface area contributed by atoms with Crippen LogP contribution in [0.2, 0.25) is 0 Å². The zero-order valence-electron chi connectivity index (χ0n) is 15.9. The second kappa shape index (κ2) is 11.3. The van der Waals surface area contributed by atoms with Crippen molar-refractivity contribution in [3.63, 3.8) is 0 Å². The van der Waals surface area contributed by atoms with Crippen molar-refractivity contribution in [3.8, 4) is 0 Å². The molecule has 2 rings (SSSR count). The first-order valence-corrected chi connectivity index (χ1v) is 9.15. The largest absolute Gasteiger partial charge is 0.463 e. The highest BCUT2D eigenvalue weighted by Crippen LogP contribution is 2.20. The summed E-state index contributed by atoms with van der Waals surface area (Å²) in [5.41, 5.74) is 1.92. The highest BCUT2D eigenvalue weighted by atomic mass is 16.6. The first-order chi connectivity index (χ1) is 13.1. The Morgan fingerprint density at radius 1 is 0.852 bits per heavy atom. The summed E-state index contributed by atoms with van der Waals surface area (Å²) in [4.78, 5) is 24.8. The molecule has 0 aliphatic heterocycles. The zero-order chi connectivity index (χ0) is 19.5. The number of hydrogen-bond donors (Lipinski definition) is 0. The molecule has 0 saturated carbocycles. The molecular weight excluding hydrogens is 344 g/mol. The smallest absolute Gasteiger partial charge is 0.313 e. The number of esters is 1. The van der Waals surface area contributed by atoms with E-state index in [0.29, 0.717) is 37.6 Å². The van der Waals surface area contributed by atoms with Gasteiger partial charge in [-0.05, 0) is 25.5 Å². The maximum Gasteiger partial charge on any atom is 0.313 e. The molecule has 1 unspecified atom stereocenters. The molecule has 2 aromatic carbocycles. The van der Waals surface area contributed by atoms with Crippen LogP contribution in [0.3, 0.4) is 0 Å². The van der Waals surface area contributed by atoms with E-state index in [1.807, 2.05) is 31.2 Å². The number of carbonyl (C=O) groups excluding carboxylic acids is 2. The van der Waals surface area contributed by atoms with Crippen LogP contribution in [0.5, 0.6) is 0 Å². The molecular formula is C22H26O5. The molecule has 0 amide bonds. The van der Waals surface area contributed by atoms with Crippen LogP contribution in [-0.4, -0.2) is 44.8 Å². The summed E-state index contributed by atoms with van der Waals surface area (Å²) in [5, 5.41) is 0. The van der Waals surface area contributed by atoms with E-state index in [4.69, 9.17) is 14.2 Å². The average molecular weight is 370 g/mol. The molecule has 0 saturated heterocycles. The first-order valence-electron chi connectivity index (χ1n) is 9.15. The molecule has 27 heavy (non-hydrogen) atoms. The molecule has 0 heterocycles. The van der Waals surface area contributed by atoms with E-state index in [9.17, 15) is 9.59 Å². The topological polar surface area (TPSA) is 61.8 Å². The third kappa shape index (κ3) is 6.62. The maximum absolute atomic E-state index is 12.6. The Kier molecular flexibility index (Phi) is 8.68. The summed E-state index contributed by atoms with van der Waals surface area (Å²) < 4.78 is 15.7. The molecule has 144 valence electrons. The van der Waals surface area contributed by atoms with Gasteiger partial charge in [0.15, 0.2) is 5.78 Å². The quantitative estimate of drug-likeness (QED) is 0.343. The number of rotatable bonds is 11. The monoisotopic (exact) mass is 370 g/mol. The molecule has 0 N–H and O–H groups in total. The van der Waals surface area contributed by atoms with Gasteiger partial charge in [-0.1, -0.05) is 48.5 Å². The summed E-state index contributed by atoms with van der Waals surface area (Å²) in [6.45, 7) is 5.88. The second-order valence-corrected chi connectivity index (χ2v) is 6.02. The standard InChI is InChI=1S/C22H26O5/c1-3-25-12-13-26-14-15-27-22(24)17(2)19-10-7-11-20(16-19)21(23)18-8-5-4-6-9-18/h4-11,16-17H,3,12-15H2,1-2H3. The van der Waals surface area contributed by atoms with Crippen molar-refractivity contribution in [2.75, 3.05) is 33.0 Å². The van der Waals surface area contributed by atoms with Gasteiger partial charge in [-0.3, -0.25) is 9.59 Å². The van der Waals surface area contributed by atoms with Crippen LogP contribution in [0.1, 0.15) is 41.3 Å². The average Bonchev–Trinajstić information content (AvgIpc) is 2.72. The SMILES string of the molecule is CCOCCOCCOC(=O)C(C)c1cccc(C(=O)c2ccccc2)c1. The summed E-state index contributed by atoms with van der Waals surface area (Å²) in [6.07, 6.45) is 0. The van der Waals surface area contributed by atoms with Crippen LogP contribution in [0.25, 0.3) is 0 Å². The number of ether oxygens (including phenoxy) is 3. The summed E-state index contributed by atoms with van der Waals surface area (Å²) in [6, 6.07) is 16.2. The Labute approximate surface area is 160 Å². The van der Waals surface area contributed by atoms with E-state index in [-0.39, 0.29) is 18.4 Å². The molecule has 5 heteroatoms. The minimum absolute atomic E-state index is 0.0688. The molecule has 5 nitrogen and oxygen atoms in total. The van der Waals surface area contributed by atoms with Gasteiger partial charge in [-0.25, -0.2) is 0 Å². The number of carbonyl (C=O) groups is 2. The number of hydrogen-bond acceptors (Lipinski definition) is 5. The molecule has 2 aromatic rings. The van der Waals surface area contributed by atoms with Crippen molar-refractivity contribution >= 4 is 11.8 Å². The predicted octanol–water partition coefficient (Wildman–Crippen LogP) is 3.62. The molecule has 0 bridgehead atoms. The fraction of sp³-hybridized carbons (Fsp3) is 0.364. The van der Waals surface area contributed by atoms with E-state index < -0.39 is 5.92 Å². The lowest BCUT2D eigenvalue weighted by molar-refractivity contribution is -0.146. The molecule has 0 aromatic heterocycles. The minimum atomic E-state index is -0.461. The van der Waals surface area contributed by atoms with Gasteiger partial charge in [0.05, 0.1) is 25.7 Å². The fourth-order valence-electron chi connectivity index (χ4n) is 2.53. The highest BCUT2D eigenvalue weighted by Gasteiger charge is 2.18. The van der Waals surface area contributed by atoms with Crippen LogP contribution in [0, 0.1) is 0 Å². The van der Waals surface area contributed by atoms with Crippen molar-refractivity contribution in [2.24, 2.45) is 0 Å². The van der Waals surface area contributed by atoms with Gasteiger partial charge in [0, 0.05) is 17.7 Å². The normalized spacial score (nSPS) is 11.8. The van der Waals surface area contributed by atoms with Crippen molar-refractivity contribution < 1.29 is 23.8 Å². The minimum Gasteiger partial charge on any atom is -0.463 e. The van der Waals surface area contributed by atoms with Gasteiger partial charge < -0.3 is 14.2 Å². The van der Waals surface area contributed by atoms with E-state index in [2.05, 4.69) is 0 Å². The molecule has 0 aliphatic carbocycles. The first kappa shape index (κ1) is 20.8. The molecule has 0 spiro atoms. The van der Waals surface area contributed by atoms with Crippen molar-refractivity contribution in [1.82, 2.24) is 0 Å². The molecule has 0 aliphatic rings. The molecule has 1 atom stereocenters. The van der Waals surface area contributed by atoms with Gasteiger partial charge in [0.25, 0.3) is 0 Å². The van der Waals surface area contributed by atoms with Crippen LogP contribution in [0.15, 0.2) is 54.6 Å². The molecule has 0 radical (unpaired) electrons. The van der Waals surface area contributed by atoms with Gasteiger partial charge >= 0.3 is 5.97 Å². The van der Waals surface area contributed by atoms with Crippen LogP contribution < -0.4 is 0 Å². The summed E-state index contributed by atoms with van der Waals surface area (Å²) in [7, 11) is 0. The van der Waals surface area contributed by atoms with Gasteiger partial charge in [-0.2, -0.15) is 0 Å². The third-order valence-electron chi connectivity index (χ3n) is 4.09. The van der Waals surface area contributed by atoms with Crippen LogP contribution >= 0.6 is 0 Å². The van der Waals surface area contributed by atoms with Gasteiger partial charge in [0.2, 0.25) is 0 Å². The predicted molar refractivity (Wildman–Crippen MR) is 103 cm³/mol. The molecule has 0 fully saturated rings. The van der Waals surface area contributed by atoms with Crippen LogP contribution in [0.4, 0.5) is 0 Å². The Bertz CT molecular complexity index is 726. The Hall–Kier alpha value is -2.50. The van der Waals surface area contributed by atoms with Gasteiger partial charge in [0.1, 0.15) is 6.61 Å². The Morgan fingerprint density at radius 3 is 2.26 bits per heavy atom. The highest BCUT2D eigenvalue weighted by molar-refractivity contribution is 6.09. The summed E-state index contributed by atoms with van der Waals surface area (Å²) >= 11 is 0. The van der Waals surface area contributed by atoms with Gasteiger partial charge in [-0.15, -0.1) is 0 Å².